The number of carbonyl (C=O) groups excluding carboxylic acids is 1. The van der Waals surface area contributed by atoms with Gasteiger partial charge in [-0.15, -0.1) is 0 Å². The molecule has 0 heterocycles. The fourth-order valence-electron chi connectivity index (χ4n) is 2.33. The first-order chi connectivity index (χ1) is 12.1. The van der Waals surface area contributed by atoms with Gasteiger partial charge in [-0.05, 0) is 49.4 Å². The van der Waals surface area contributed by atoms with E-state index < -0.39 is 12.2 Å². The van der Waals surface area contributed by atoms with Gasteiger partial charge >= 0.3 is 5.97 Å². The minimum Gasteiger partial charge on any atom is -0.492 e. The Morgan fingerprint density at radius 1 is 1.24 bits per heavy atom. The first-order valence-electron chi connectivity index (χ1n) is 7.95. The maximum absolute atomic E-state index is 11.5. The van der Waals surface area contributed by atoms with E-state index in [-0.39, 0.29) is 0 Å². The summed E-state index contributed by atoms with van der Waals surface area (Å²) in [6.07, 6.45) is -0.659. The zero-order valence-electron chi connectivity index (χ0n) is 14.5. The second kappa shape index (κ2) is 8.60. The molecule has 0 amide bonds. The highest BCUT2D eigenvalue weighted by atomic mass is 16.6. The first kappa shape index (κ1) is 18.1. The molecule has 6 heteroatoms. The van der Waals surface area contributed by atoms with Crippen LogP contribution < -0.4 is 15.4 Å². The topological polar surface area (TPSA) is 83.4 Å². The molecule has 2 N–H and O–H groups in total. The van der Waals surface area contributed by atoms with Gasteiger partial charge in [0.15, 0.2) is 6.23 Å². The van der Waals surface area contributed by atoms with E-state index >= 15 is 0 Å². The van der Waals surface area contributed by atoms with E-state index in [2.05, 4.69) is 16.7 Å². The molecule has 6 nitrogen and oxygen atoms in total. The maximum atomic E-state index is 11.5. The molecule has 0 aliphatic heterocycles. The highest BCUT2D eigenvalue weighted by molar-refractivity contribution is 5.67. The number of rotatable bonds is 7. The lowest BCUT2D eigenvalue weighted by Crippen LogP contribution is -2.17. The normalized spacial score (nSPS) is 11.1. The molecule has 25 heavy (non-hydrogen) atoms. The highest BCUT2D eigenvalue weighted by Crippen LogP contribution is 2.30. The van der Waals surface area contributed by atoms with Crippen molar-refractivity contribution in [2.24, 2.45) is 0 Å². The second-order valence-electron chi connectivity index (χ2n) is 5.26. The van der Waals surface area contributed by atoms with Gasteiger partial charge in [0.2, 0.25) is 0 Å². The lowest BCUT2D eigenvalue weighted by atomic mass is 10.1. The van der Waals surface area contributed by atoms with Crippen molar-refractivity contribution in [3.05, 3.63) is 53.6 Å². The minimum atomic E-state index is -0.659. The number of hydrogen-bond donors (Lipinski definition) is 2. The van der Waals surface area contributed by atoms with Gasteiger partial charge in [-0.2, -0.15) is 5.26 Å². The minimum absolute atomic E-state index is 0.397. The van der Waals surface area contributed by atoms with Crippen molar-refractivity contribution >= 4 is 17.3 Å². The monoisotopic (exact) mass is 339 g/mol. The number of nitrogens with one attached hydrogen (secondary N) is 2. The SMILES string of the molecule is CCOc1ccc(C(Nc2ccc(C#N)cc2)OC(C)=O)cc1NC. The van der Waals surface area contributed by atoms with Crippen molar-refractivity contribution < 1.29 is 14.3 Å². The number of benzene rings is 2. The van der Waals surface area contributed by atoms with Crippen LogP contribution >= 0.6 is 0 Å². The quantitative estimate of drug-likeness (QED) is 0.591. The fourth-order valence-corrected chi connectivity index (χ4v) is 2.33. The molecule has 1 atom stereocenters. The van der Waals surface area contributed by atoms with E-state index in [9.17, 15) is 4.79 Å². The average Bonchev–Trinajstić information content (AvgIpc) is 2.62. The standard InChI is InChI=1S/C19H21N3O3/c1-4-24-18-10-7-15(11-17(18)21-3)19(25-13(2)23)22-16-8-5-14(12-20)6-9-16/h5-11,19,21-22H,4H2,1-3H3. The van der Waals surface area contributed by atoms with E-state index in [1.807, 2.05) is 25.1 Å². The Balaban J connectivity index is 2.29. The van der Waals surface area contributed by atoms with Gasteiger partial charge in [0.1, 0.15) is 5.75 Å². The number of nitriles is 1. The molecule has 2 aromatic rings. The van der Waals surface area contributed by atoms with Crippen LogP contribution in [0.3, 0.4) is 0 Å². The number of carbonyl (C=O) groups is 1. The molecule has 0 fully saturated rings. The highest BCUT2D eigenvalue weighted by Gasteiger charge is 2.17. The van der Waals surface area contributed by atoms with Crippen LogP contribution in [0.2, 0.25) is 0 Å². The van der Waals surface area contributed by atoms with Gasteiger partial charge < -0.3 is 20.1 Å². The van der Waals surface area contributed by atoms with Gasteiger partial charge in [-0.1, -0.05) is 0 Å². The van der Waals surface area contributed by atoms with Crippen molar-refractivity contribution in [3.8, 4) is 11.8 Å². The maximum Gasteiger partial charge on any atom is 0.304 e. The average molecular weight is 339 g/mol. The van der Waals surface area contributed by atoms with Gasteiger partial charge in [0, 0.05) is 25.2 Å². The molecule has 0 saturated heterocycles. The van der Waals surface area contributed by atoms with Crippen LogP contribution in [0.15, 0.2) is 42.5 Å². The number of esters is 1. The van der Waals surface area contributed by atoms with Crippen LogP contribution in [-0.4, -0.2) is 19.6 Å². The third-order valence-corrected chi connectivity index (χ3v) is 3.47. The molecule has 0 spiro atoms. The van der Waals surface area contributed by atoms with Crippen molar-refractivity contribution in [2.75, 3.05) is 24.3 Å². The summed E-state index contributed by atoms with van der Waals surface area (Å²) < 4.78 is 11.0. The molecule has 0 aromatic heterocycles. The molecule has 0 aliphatic rings. The summed E-state index contributed by atoms with van der Waals surface area (Å²) in [6, 6.07) is 14.5. The van der Waals surface area contributed by atoms with Crippen LogP contribution in [0, 0.1) is 11.3 Å². The van der Waals surface area contributed by atoms with Crippen LogP contribution in [-0.2, 0) is 9.53 Å². The lowest BCUT2D eigenvalue weighted by molar-refractivity contribution is -0.145. The molecular weight excluding hydrogens is 318 g/mol. The van der Waals surface area contributed by atoms with Gasteiger partial charge in [0.25, 0.3) is 0 Å². The molecule has 130 valence electrons. The Morgan fingerprint density at radius 3 is 2.52 bits per heavy atom. The van der Waals surface area contributed by atoms with Gasteiger partial charge in [-0.3, -0.25) is 4.79 Å². The largest absolute Gasteiger partial charge is 0.492 e. The fraction of sp³-hybridized carbons (Fsp3) is 0.263. The summed E-state index contributed by atoms with van der Waals surface area (Å²) >= 11 is 0. The molecule has 0 saturated carbocycles. The summed E-state index contributed by atoms with van der Waals surface area (Å²) in [5, 5.41) is 15.1. The zero-order chi connectivity index (χ0) is 18.2. The summed E-state index contributed by atoms with van der Waals surface area (Å²) in [5.74, 6) is 0.333. The van der Waals surface area contributed by atoms with Crippen molar-refractivity contribution in [1.29, 1.82) is 5.26 Å². The van der Waals surface area contributed by atoms with E-state index in [0.29, 0.717) is 12.2 Å². The number of nitrogens with zero attached hydrogens (tertiary/aromatic N) is 1. The molecule has 0 bridgehead atoms. The van der Waals surface area contributed by atoms with Crippen LogP contribution in [0.1, 0.15) is 31.2 Å². The van der Waals surface area contributed by atoms with Crippen LogP contribution in [0.4, 0.5) is 11.4 Å². The van der Waals surface area contributed by atoms with Crippen molar-refractivity contribution in [3.63, 3.8) is 0 Å². The van der Waals surface area contributed by atoms with E-state index in [0.717, 1.165) is 22.7 Å². The zero-order valence-corrected chi connectivity index (χ0v) is 14.5. The summed E-state index contributed by atoms with van der Waals surface area (Å²) in [5.41, 5.74) is 2.88. The predicted octanol–water partition coefficient (Wildman–Crippen LogP) is 3.67. The summed E-state index contributed by atoms with van der Waals surface area (Å²) in [7, 11) is 1.80. The van der Waals surface area contributed by atoms with Crippen molar-refractivity contribution in [1.82, 2.24) is 0 Å². The number of hydrogen-bond acceptors (Lipinski definition) is 6. The van der Waals surface area contributed by atoms with Crippen LogP contribution in [0.5, 0.6) is 5.75 Å². The summed E-state index contributed by atoms with van der Waals surface area (Å²) in [6.45, 7) is 3.84. The Bertz CT molecular complexity index is 766. The molecule has 0 aliphatic carbocycles. The molecule has 2 rings (SSSR count). The van der Waals surface area contributed by atoms with E-state index in [4.69, 9.17) is 14.7 Å². The molecule has 2 aromatic carbocycles. The van der Waals surface area contributed by atoms with Crippen LogP contribution in [0.25, 0.3) is 0 Å². The molecular formula is C19H21N3O3. The molecule has 1 unspecified atom stereocenters. The lowest BCUT2D eigenvalue weighted by Gasteiger charge is -2.21. The Labute approximate surface area is 147 Å². The smallest absolute Gasteiger partial charge is 0.304 e. The van der Waals surface area contributed by atoms with Gasteiger partial charge in [0.05, 0.1) is 23.9 Å². The number of ether oxygens (including phenoxy) is 2. The predicted molar refractivity (Wildman–Crippen MR) is 96.4 cm³/mol. The third kappa shape index (κ3) is 4.88. The molecule has 0 radical (unpaired) electrons. The van der Waals surface area contributed by atoms with E-state index in [1.54, 1.807) is 31.3 Å². The van der Waals surface area contributed by atoms with Gasteiger partial charge in [-0.25, -0.2) is 0 Å². The number of anilines is 2. The first-order valence-corrected chi connectivity index (χ1v) is 7.95. The Hall–Kier alpha value is -3.20. The second-order valence-corrected chi connectivity index (χ2v) is 5.26. The summed E-state index contributed by atoms with van der Waals surface area (Å²) in [4.78, 5) is 11.5. The Kier molecular flexibility index (Phi) is 6.24. The van der Waals surface area contributed by atoms with E-state index in [1.165, 1.54) is 6.92 Å². The van der Waals surface area contributed by atoms with Crippen molar-refractivity contribution in [2.45, 2.75) is 20.1 Å². The Morgan fingerprint density at radius 2 is 1.96 bits per heavy atom. The third-order valence-electron chi connectivity index (χ3n) is 3.47.